The second-order valence-corrected chi connectivity index (χ2v) is 8.61. The fraction of sp³-hybridized carbons (Fsp3) is 0.190. The molecule has 2 heterocycles. The van der Waals surface area contributed by atoms with E-state index in [1.807, 2.05) is 0 Å². The number of sulfonamides is 1. The highest BCUT2D eigenvalue weighted by Crippen LogP contribution is 2.39. The van der Waals surface area contributed by atoms with Crippen LogP contribution in [-0.2, 0) is 16.2 Å². The molecule has 1 aliphatic heterocycles. The van der Waals surface area contributed by atoms with Gasteiger partial charge in [0.25, 0.3) is 10.0 Å². The van der Waals surface area contributed by atoms with Gasteiger partial charge in [-0.25, -0.2) is 8.42 Å². The van der Waals surface area contributed by atoms with Crippen LogP contribution in [0.1, 0.15) is 5.56 Å². The van der Waals surface area contributed by atoms with Crippen molar-refractivity contribution in [1.82, 2.24) is 4.98 Å². The monoisotopic (exact) mass is 450 g/mol. The summed E-state index contributed by atoms with van der Waals surface area (Å²) in [5, 5.41) is 0. The first-order valence-electron chi connectivity index (χ1n) is 9.16. The van der Waals surface area contributed by atoms with Gasteiger partial charge in [-0.05, 0) is 42.0 Å². The third-order valence-corrected chi connectivity index (χ3v) is 6.62. The van der Waals surface area contributed by atoms with Crippen LogP contribution < -0.4 is 13.8 Å². The predicted molar refractivity (Wildman–Crippen MR) is 108 cm³/mol. The molecule has 2 aromatic carbocycles. The third kappa shape index (κ3) is 4.02. The molecule has 0 saturated heterocycles. The van der Waals surface area contributed by atoms with Gasteiger partial charge in [0.05, 0.1) is 36.0 Å². The van der Waals surface area contributed by atoms with Gasteiger partial charge in [-0.2, -0.15) is 13.2 Å². The Labute approximate surface area is 176 Å². The number of hydrogen-bond acceptors (Lipinski definition) is 5. The van der Waals surface area contributed by atoms with E-state index in [-0.39, 0.29) is 18.8 Å². The minimum absolute atomic E-state index is 0.0363. The van der Waals surface area contributed by atoms with Gasteiger partial charge in [-0.1, -0.05) is 12.1 Å². The molecule has 0 aliphatic carbocycles. The molecule has 0 bridgehead atoms. The standard InChI is InChI=1S/C21H17F3N2O4S/c1-29-17-9-15(12-25-13-17)14-5-6-20-19(10-14)26(7-8-30-20)31(27,28)18-4-2-3-16(11-18)21(22,23)24/h2-6,9-13H,7-8H2,1H3. The van der Waals surface area contributed by atoms with E-state index < -0.39 is 26.7 Å². The molecule has 1 aliphatic rings. The Balaban J connectivity index is 1.78. The molecule has 4 rings (SSSR count). The summed E-state index contributed by atoms with van der Waals surface area (Å²) >= 11 is 0. The number of methoxy groups -OCH3 is 1. The summed E-state index contributed by atoms with van der Waals surface area (Å²) in [6.45, 7) is 0.0383. The molecule has 0 amide bonds. The smallest absolute Gasteiger partial charge is 0.416 e. The van der Waals surface area contributed by atoms with Gasteiger partial charge in [0.1, 0.15) is 18.1 Å². The lowest BCUT2D eigenvalue weighted by molar-refractivity contribution is -0.137. The van der Waals surface area contributed by atoms with Crippen molar-refractivity contribution in [3.63, 3.8) is 0 Å². The number of fused-ring (bicyclic) bond motifs is 1. The molecule has 0 saturated carbocycles. The van der Waals surface area contributed by atoms with Gasteiger partial charge in [0.2, 0.25) is 0 Å². The molecule has 0 N–H and O–H groups in total. The molecular formula is C21H17F3N2O4S. The minimum atomic E-state index is -4.65. The SMILES string of the molecule is COc1cncc(-c2ccc3c(c2)N(S(=O)(=O)c2cccc(C(F)(F)F)c2)CCO3)c1. The molecule has 3 aromatic rings. The predicted octanol–water partition coefficient (Wildman–Crippen LogP) is 4.36. The van der Waals surface area contributed by atoms with Crippen LogP contribution in [0.2, 0.25) is 0 Å². The number of rotatable bonds is 4. The molecule has 0 spiro atoms. The Morgan fingerprint density at radius 2 is 1.87 bits per heavy atom. The number of nitrogens with zero attached hydrogens (tertiary/aromatic N) is 2. The molecular weight excluding hydrogens is 433 g/mol. The number of alkyl halides is 3. The average Bonchev–Trinajstić information content (AvgIpc) is 2.77. The number of anilines is 1. The Morgan fingerprint density at radius 3 is 2.61 bits per heavy atom. The lowest BCUT2D eigenvalue weighted by Gasteiger charge is -2.31. The Hall–Kier alpha value is -3.27. The molecule has 31 heavy (non-hydrogen) atoms. The quantitative estimate of drug-likeness (QED) is 0.591. The van der Waals surface area contributed by atoms with Crippen LogP contribution in [0.15, 0.2) is 65.8 Å². The van der Waals surface area contributed by atoms with Crippen molar-refractivity contribution in [1.29, 1.82) is 0 Å². The second-order valence-electron chi connectivity index (χ2n) is 6.75. The van der Waals surface area contributed by atoms with Crippen LogP contribution in [0.25, 0.3) is 11.1 Å². The summed E-state index contributed by atoms with van der Waals surface area (Å²) in [6, 6.07) is 10.4. The first kappa shape index (κ1) is 21.0. The summed E-state index contributed by atoms with van der Waals surface area (Å²) in [7, 11) is -2.75. The van der Waals surface area contributed by atoms with Gasteiger partial charge in [0.15, 0.2) is 0 Å². The topological polar surface area (TPSA) is 68.7 Å². The van der Waals surface area contributed by atoms with Crippen LogP contribution in [0.5, 0.6) is 11.5 Å². The molecule has 0 fully saturated rings. The summed E-state index contributed by atoms with van der Waals surface area (Å²) in [6.07, 6.45) is -1.52. The first-order chi connectivity index (χ1) is 14.7. The highest BCUT2D eigenvalue weighted by molar-refractivity contribution is 7.92. The fourth-order valence-electron chi connectivity index (χ4n) is 3.27. The van der Waals surface area contributed by atoms with Crippen LogP contribution in [0.3, 0.4) is 0 Å². The molecule has 0 atom stereocenters. The largest absolute Gasteiger partial charge is 0.495 e. The Bertz CT molecular complexity index is 1230. The van der Waals surface area contributed by atoms with E-state index in [0.717, 1.165) is 22.5 Å². The maximum absolute atomic E-state index is 13.2. The number of hydrogen-bond donors (Lipinski definition) is 0. The zero-order valence-corrected chi connectivity index (χ0v) is 17.1. The van der Waals surface area contributed by atoms with Gasteiger partial charge < -0.3 is 9.47 Å². The maximum Gasteiger partial charge on any atom is 0.416 e. The number of ether oxygens (including phenoxy) is 2. The van der Waals surface area contributed by atoms with Crippen LogP contribution in [-0.4, -0.2) is 33.7 Å². The first-order valence-corrected chi connectivity index (χ1v) is 10.6. The van der Waals surface area contributed by atoms with Gasteiger partial charge in [-0.3, -0.25) is 9.29 Å². The zero-order valence-electron chi connectivity index (χ0n) is 16.3. The molecule has 10 heteroatoms. The summed E-state index contributed by atoms with van der Waals surface area (Å²) in [5.41, 5.74) is 0.547. The van der Waals surface area contributed by atoms with E-state index in [1.54, 1.807) is 30.5 Å². The van der Waals surface area contributed by atoms with Crippen molar-refractivity contribution in [2.45, 2.75) is 11.1 Å². The van der Waals surface area contributed by atoms with E-state index in [4.69, 9.17) is 9.47 Å². The molecule has 6 nitrogen and oxygen atoms in total. The molecule has 0 radical (unpaired) electrons. The zero-order chi connectivity index (χ0) is 22.2. The lowest BCUT2D eigenvalue weighted by atomic mass is 10.1. The van der Waals surface area contributed by atoms with E-state index in [9.17, 15) is 21.6 Å². The summed E-state index contributed by atoms with van der Waals surface area (Å²) in [4.78, 5) is 3.66. The van der Waals surface area contributed by atoms with Crippen molar-refractivity contribution in [3.8, 4) is 22.6 Å². The van der Waals surface area contributed by atoms with Crippen molar-refractivity contribution in [3.05, 3.63) is 66.5 Å². The van der Waals surface area contributed by atoms with Crippen molar-refractivity contribution < 1.29 is 31.1 Å². The normalized spacial score (nSPS) is 14.0. The van der Waals surface area contributed by atoms with Gasteiger partial charge in [0, 0.05) is 11.8 Å². The van der Waals surface area contributed by atoms with Crippen LogP contribution >= 0.6 is 0 Å². The molecule has 0 unspecified atom stereocenters. The van der Waals surface area contributed by atoms with Crippen molar-refractivity contribution in [2.24, 2.45) is 0 Å². The number of halogens is 3. The van der Waals surface area contributed by atoms with E-state index in [0.29, 0.717) is 28.7 Å². The highest BCUT2D eigenvalue weighted by atomic mass is 32.2. The maximum atomic E-state index is 13.2. The Kier molecular flexibility index (Phi) is 5.26. The number of aromatic nitrogens is 1. The van der Waals surface area contributed by atoms with Crippen LogP contribution in [0.4, 0.5) is 18.9 Å². The van der Waals surface area contributed by atoms with Crippen molar-refractivity contribution in [2.75, 3.05) is 24.6 Å². The number of pyridine rings is 1. The molecule has 1 aromatic heterocycles. The van der Waals surface area contributed by atoms with Gasteiger partial charge in [-0.15, -0.1) is 0 Å². The fourth-order valence-corrected chi connectivity index (χ4v) is 4.77. The van der Waals surface area contributed by atoms with E-state index in [1.165, 1.54) is 13.3 Å². The third-order valence-electron chi connectivity index (χ3n) is 4.81. The van der Waals surface area contributed by atoms with Gasteiger partial charge >= 0.3 is 6.18 Å². The lowest BCUT2D eigenvalue weighted by Crippen LogP contribution is -2.38. The summed E-state index contributed by atoms with van der Waals surface area (Å²) < 4.78 is 77.6. The molecule has 162 valence electrons. The average molecular weight is 450 g/mol. The van der Waals surface area contributed by atoms with E-state index >= 15 is 0 Å². The van der Waals surface area contributed by atoms with Crippen LogP contribution in [0, 0.1) is 0 Å². The minimum Gasteiger partial charge on any atom is -0.495 e. The summed E-state index contributed by atoms with van der Waals surface area (Å²) in [5.74, 6) is 0.848. The second kappa shape index (κ2) is 7.77. The highest BCUT2D eigenvalue weighted by Gasteiger charge is 2.34. The van der Waals surface area contributed by atoms with E-state index in [2.05, 4.69) is 4.98 Å². The number of benzene rings is 2. The Morgan fingerprint density at radius 1 is 1.06 bits per heavy atom. The van der Waals surface area contributed by atoms with Crippen molar-refractivity contribution >= 4 is 15.7 Å².